The number of rotatable bonds is 4. The van der Waals surface area contributed by atoms with Gasteiger partial charge in [-0.15, -0.1) is 0 Å². The highest BCUT2D eigenvalue weighted by Crippen LogP contribution is 2.76. The van der Waals surface area contributed by atoms with E-state index in [4.69, 9.17) is 9.47 Å². The first-order valence-corrected chi connectivity index (χ1v) is 17.7. The molecule has 268 valence electrons. The van der Waals surface area contributed by atoms with Gasteiger partial charge in [-0.25, -0.2) is 0 Å². The minimum atomic E-state index is -1.72. The topological polar surface area (TPSA) is 197 Å². The Kier molecular flexibility index (Phi) is 8.68. The summed E-state index contributed by atoms with van der Waals surface area (Å²) in [5.74, 6) is -1.23. The molecular formula is C36H58O11. The molecular weight excluding hydrogens is 608 g/mol. The standard InChI is InChI=1S/C36H58O11/c1-18-9-12-36(30(44)47-29-26(42)25(41)24(40)21(16-37)46-29)14-13-33(4)19(27(36)35(18,6)45)7-8-23-31(2)15-20(39)28(43)32(3,17-38)22(31)10-11-34(23,33)5/h7,18,20-29,37-43,45H,8-17H2,1-6H3/t18-,20-,21-,22-,23-,24-,25+,26-,27?,28+,29+,31+,32+,33-,34-,35-,36+/m1/s1. The smallest absolute Gasteiger partial charge is 0.315 e. The molecule has 11 heteroatoms. The zero-order valence-electron chi connectivity index (χ0n) is 28.8. The first-order valence-electron chi connectivity index (χ1n) is 17.7. The van der Waals surface area contributed by atoms with Crippen molar-refractivity contribution in [1.29, 1.82) is 0 Å². The number of carbonyl (C=O) groups is 1. The fourth-order valence-corrected chi connectivity index (χ4v) is 12.4. The van der Waals surface area contributed by atoms with Crippen LogP contribution < -0.4 is 0 Å². The summed E-state index contributed by atoms with van der Waals surface area (Å²) in [6, 6.07) is 0. The van der Waals surface area contributed by atoms with Crippen molar-refractivity contribution in [3.63, 3.8) is 0 Å². The van der Waals surface area contributed by atoms with Gasteiger partial charge in [0.2, 0.25) is 6.29 Å². The van der Waals surface area contributed by atoms with E-state index in [9.17, 15) is 45.6 Å². The van der Waals surface area contributed by atoms with Gasteiger partial charge >= 0.3 is 5.97 Å². The molecule has 1 aliphatic heterocycles. The molecule has 17 atom stereocenters. The van der Waals surface area contributed by atoms with Gasteiger partial charge in [0, 0.05) is 11.3 Å². The monoisotopic (exact) mass is 666 g/mol. The van der Waals surface area contributed by atoms with Crippen LogP contribution in [-0.2, 0) is 14.3 Å². The number of esters is 1. The Morgan fingerprint density at radius 1 is 0.915 bits per heavy atom. The summed E-state index contributed by atoms with van der Waals surface area (Å²) in [5.41, 5.74) is -3.27. The van der Waals surface area contributed by atoms with E-state index in [-0.39, 0.29) is 35.2 Å². The Morgan fingerprint density at radius 2 is 1.60 bits per heavy atom. The molecule has 1 saturated heterocycles. The van der Waals surface area contributed by atoms with E-state index in [1.54, 1.807) is 0 Å². The van der Waals surface area contributed by atoms with Gasteiger partial charge in [0.15, 0.2) is 0 Å². The fourth-order valence-electron chi connectivity index (χ4n) is 12.4. The number of carbonyl (C=O) groups excluding carboxylic acids is 1. The predicted molar refractivity (Wildman–Crippen MR) is 169 cm³/mol. The highest BCUT2D eigenvalue weighted by molar-refractivity contribution is 5.79. The second-order valence-electron chi connectivity index (χ2n) is 17.5. The molecule has 4 saturated carbocycles. The maximum Gasteiger partial charge on any atom is 0.315 e. The molecule has 0 amide bonds. The summed E-state index contributed by atoms with van der Waals surface area (Å²) in [6.07, 6.45) is -2.75. The van der Waals surface area contributed by atoms with Gasteiger partial charge in [0.25, 0.3) is 0 Å². The number of allylic oxidation sites excluding steroid dienone is 1. The van der Waals surface area contributed by atoms with Crippen LogP contribution in [0.5, 0.6) is 0 Å². The zero-order chi connectivity index (χ0) is 34.7. The Bertz CT molecular complexity index is 1270. The molecule has 1 unspecified atom stereocenters. The number of fused-ring (bicyclic) bond motifs is 7. The fraction of sp³-hybridized carbons (Fsp3) is 0.917. The molecule has 0 bridgehead atoms. The van der Waals surface area contributed by atoms with Crippen molar-refractivity contribution in [2.45, 2.75) is 141 Å². The average Bonchev–Trinajstić information content (AvgIpc) is 3.02. The number of aliphatic hydroxyl groups excluding tert-OH is 7. The van der Waals surface area contributed by atoms with Crippen molar-refractivity contribution in [3.05, 3.63) is 11.6 Å². The van der Waals surface area contributed by atoms with Gasteiger partial charge < -0.3 is 50.3 Å². The van der Waals surface area contributed by atoms with Gasteiger partial charge in [-0.2, -0.15) is 0 Å². The van der Waals surface area contributed by atoms with E-state index in [0.717, 1.165) is 18.4 Å². The lowest BCUT2D eigenvalue weighted by molar-refractivity contribution is -0.299. The van der Waals surface area contributed by atoms with Crippen LogP contribution >= 0.6 is 0 Å². The van der Waals surface area contributed by atoms with Crippen LogP contribution in [0.15, 0.2) is 11.6 Å². The second-order valence-corrected chi connectivity index (χ2v) is 17.5. The Balaban J connectivity index is 1.40. The highest BCUT2D eigenvalue weighted by Gasteiger charge is 2.72. The molecule has 5 aliphatic carbocycles. The molecule has 6 aliphatic rings. The van der Waals surface area contributed by atoms with Gasteiger partial charge in [0.05, 0.1) is 36.4 Å². The molecule has 0 aromatic rings. The molecule has 8 N–H and O–H groups in total. The van der Waals surface area contributed by atoms with E-state index >= 15 is 0 Å². The van der Waals surface area contributed by atoms with Crippen LogP contribution in [0.3, 0.4) is 0 Å². The molecule has 11 nitrogen and oxygen atoms in total. The lowest BCUT2D eigenvalue weighted by Gasteiger charge is -2.72. The van der Waals surface area contributed by atoms with Crippen molar-refractivity contribution in [2.24, 2.45) is 50.7 Å². The largest absolute Gasteiger partial charge is 0.432 e. The summed E-state index contributed by atoms with van der Waals surface area (Å²) in [6.45, 7) is 11.6. The minimum absolute atomic E-state index is 0.00373. The second kappa shape index (κ2) is 11.4. The van der Waals surface area contributed by atoms with E-state index < -0.39 is 83.3 Å². The summed E-state index contributed by atoms with van der Waals surface area (Å²) < 4.78 is 11.4. The van der Waals surface area contributed by atoms with Gasteiger partial charge in [-0.3, -0.25) is 4.79 Å². The van der Waals surface area contributed by atoms with Gasteiger partial charge in [-0.1, -0.05) is 46.3 Å². The molecule has 0 radical (unpaired) electrons. The summed E-state index contributed by atoms with van der Waals surface area (Å²) in [7, 11) is 0. The minimum Gasteiger partial charge on any atom is -0.432 e. The van der Waals surface area contributed by atoms with Crippen LogP contribution in [0.25, 0.3) is 0 Å². The van der Waals surface area contributed by atoms with E-state index in [1.165, 1.54) is 0 Å². The zero-order valence-corrected chi connectivity index (χ0v) is 28.8. The van der Waals surface area contributed by atoms with Gasteiger partial charge in [0.1, 0.15) is 24.4 Å². The predicted octanol–water partition coefficient (Wildman–Crippen LogP) is 1.41. The third kappa shape index (κ3) is 4.60. The van der Waals surface area contributed by atoms with Crippen LogP contribution in [0.1, 0.15) is 92.9 Å². The van der Waals surface area contributed by atoms with Crippen molar-refractivity contribution < 1.29 is 55.1 Å². The first-order chi connectivity index (χ1) is 21.8. The maximum absolute atomic E-state index is 14.5. The van der Waals surface area contributed by atoms with E-state index in [0.29, 0.717) is 38.5 Å². The summed E-state index contributed by atoms with van der Waals surface area (Å²) in [4.78, 5) is 14.5. The van der Waals surface area contributed by atoms with Gasteiger partial charge in [-0.05, 0) is 92.3 Å². The van der Waals surface area contributed by atoms with E-state index in [2.05, 4.69) is 26.8 Å². The Labute approximate surface area is 278 Å². The normalized spacial score (nSPS) is 57.5. The quantitative estimate of drug-likeness (QED) is 0.160. The van der Waals surface area contributed by atoms with Crippen LogP contribution in [0.4, 0.5) is 0 Å². The number of hydrogen-bond donors (Lipinski definition) is 8. The first kappa shape index (κ1) is 35.7. The lowest BCUT2D eigenvalue weighted by Crippen LogP contribution is -2.69. The highest BCUT2D eigenvalue weighted by atomic mass is 16.7. The molecule has 47 heavy (non-hydrogen) atoms. The van der Waals surface area contributed by atoms with Crippen LogP contribution in [0.2, 0.25) is 0 Å². The van der Waals surface area contributed by atoms with Crippen LogP contribution in [0, 0.1) is 50.7 Å². The van der Waals surface area contributed by atoms with E-state index in [1.807, 2.05) is 20.8 Å². The molecule has 0 aromatic heterocycles. The Morgan fingerprint density at radius 3 is 2.23 bits per heavy atom. The van der Waals surface area contributed by atoms with Crippen LogP contribution in [-0.4, -0.2) is 109 Å². The van der Waals surface area contributed by atoms with Crippen molar-refractivity contribution in [2.75, 3.05) is 13.2 Å². The van der Waals surface area contributed by atoms with Crippen molar-refractivity contribution in [1.82, 2.24) is 0 Å². The third-order valence-corrected chi connectivity index (χ3v) is 15.6. The van der Waals surface area contributed by atoms with Crippen molar-refractivity contribution >= 4 is 5.97 Å². The molecule has 0 aromatic carbocycles. The maximum atomic E-state index is 14.5. The average molecular weight is 667 g/mol. The SMILES string of the molecule is C[C@@H]1CC[C@]2(C(=O)O[C@@H]3O[C@H](CO)[C@@H](O)[C@H](O)[C@H]3O)CC[C@]3(C)C(=CC[C@@H]4[C@@]5(C)C[C@@H](O)[C@H](O)[C@@](C)(CO)[C@@H]5CC[C@]43C)C2[C@]1(C)O. The molecule has 1 heterocycles. The lowest BCUT2D eigenvalue weighted by atomic mass is 9.33. The number of aliphatic hydroxyl groups is 8. The summed E-state index contributed by atoms with van der Waals surface area (Å²) in [5, 5.41) is 86.2. The third-order valence-electron chi connectivity index (χ3n) is 15.6. The number of ether oxygens (including phenoxy) is 2. The molecule has 6 rings (SSSR count). The molecule has 0 spiro atoms. The molecule has 5 fully saturated rings. The Hall–Kier alpha value is -1.15. The van der Waals surface area contributed by atoms with Crippen molar-refractivity contribution in [3.8, 4) is 0 Å². The summed E-state index contributed by atoms with van der Waals surface area (Å²) >= 11 is 0. The number of hydrogen-bond acceptors (Lipinski definition) is 11.